The van der Waals surface area contributed by atoms with Gasteiger partial charge in [-0.25, -0.2) is 9.97 Å². The molecule has 0 N–H and O–H groups in total. The summed E-state index contributed by atoms with van der Waals surface area (Å²) < 4.78 is 1.08. The summed E-state index contributed by atoms with van der Waals surface area (Å²) in [6.07, 6.45) is 1.10. The molecule has 18 heavy (non-hydrogen) atoms. The van der Waals surface area contributed by atoms with Crippen LogP contribution in [0.1, 0.15) is 24.9 Å². The Bertz CT molecular complexity index is 580. The van der Waals surface area contributed by atoms with Crippen molar-refractivity contribution in [1.82, 2.24) is 9.97 Å². The van der Waals surface area contributed by atoms with Crippen LogP contribution in [0.15, 0.2) is 22.0 Å². The van der Waals surface area contributed by atoms with Gasteiger partial charge in [0.15, 0.2) is 0 Å². The van der Waals surface area contributed by atoms with Gasteiger partial charge in [-0.15, -0.1) is 11.3 Å². The molecule has 0 unspecified atom stereocenters. The minimum atomic E-state index is 0.167. The van der Waals surface area contributed by atoms with Crippen molar-refractivity contribution in [3.05, 3.63) is 33.5 Å². The molecule has 0 bridgehead atoms. The Morgan fingerprint density at radius 3 is 2.78 bits per heavy atom. The second kappa shape index (κ2) is 5.71. The third kappa shape index (κ3) is 3.46. The van der Waals surface area contributed by atoms with Crippen molar-refractivity contribution in [3.8, 4) is 10.6 Å². The highest BCUT2D eigenvalue weighted by Crippen LogP contribution is 2.30. The smallest absolute Gasteiger partial charge is 0.130 e. The first kappa shape index (κ1) is 13.4. The molecule has 0 aliphatic heterocycles. The van der Waals surface area contributed by atoms with E-state index in [2.05, 4.69) is 25.9 Å². The van der Waals surface area contributed by atoms with Crippen LogP contribution < -0.4 is 0 Å². The number of hydrogen-bond acceptors (Lipinski definition) is 4. The van der Waals surface area contributed by atoms with Crippen LogP contribution in [0.25, 0.3) is 10.6 Å². The Balaban J connectivity index is 2.29. The highest BCUT2D eigenvalue weighted by molar-refractivity contribution is 9.11. The number of nitrogens with zero attached hydrogens (tertiary/aromatic N) is 2. The number of aryl methyl sites for hydroxylation is 2. The standard InChI is InChI=1S/C13H13BrN2OS/c1-8-7-10(11-4-5-12(14)18-11)16-13(15-8)6-3-9(2)17/h4-5,7H,3,6H2,1-2H3. The minimum absolute atomic E-state index is 0.167. The summed E-state index contributed by atoms with van der Waals surface area (Å²) in [5.74, 6) is 0.908. The first-order chi connectivity index (χ1) is 8.54. The number of carbonyl (C=O) groups is 1. The molecule has 2 heterocycles. The predicted molar refractivity (Wildman–Crippen MR) is 76.8 cm³/mol. The molecule has 0 amide bonds. The zero-order valence-electron chi connectivity index (χ0n) is 10.2. The molecule has 94 valence electrons. The lowest BCUT2D eigenvalue weighted by Gasteiger charge is -2.03. The fourth-order valence-corrected chi connectivity index (χ4v) is 2.95. The average molecular weight is 325 g/mol. The van der Waals surface area contributed by atoms with Crippen molar-refractivity contribution in [3.63, 3.8) is 0 Å². The normalized spacial score (nSPS) is 10.6. The van der Waals surface area contributed by atoms with Gasteiger partial charge in [0.05, 0.1) is 14.4 Å². The molecule has 0 saturated carbocycles. The zero-order valence-corrected chi connectivity index (χ0v) is 12.6. The molecule has 0 atom stereocenters. The van der Waals surface area contributed by atoms with Crippen LogP contribution in [0.4, 0.5) is 0 Å². The molecule has 0 aliphatic rings. The van der Waals surface area contributed by atoms with E-state index >= 15 is 0 Å². The van der Waals surface area contributed by atoms with E-state index < -0.39 is 0 Å². The molecule has 2 rings (SSSR count). The van der Waals surface area contributed by atoms with Crippen molar-refractivity contribution in [2.45, 2.75) is 26.7 Å². The molecular weight excluding hydrogens is 312 g/mol. The summed E-state index contributed by atoms with van der Waals surface area (Å²) in [7, 11) is 0. The van der Waals surface area contributed by atoms with Crippen LogP contribution >= 0.6 is 27.3 Å². The second-order valence-corrected chi connectivity index (χ2v) is 6.58. The largest absolute Gasteiger partial charge is 0.300 e. The van der Waals surface area contributed by atoms with Crippen molar-refractivity contribution in [1.29, 1.82) is 0 Å². The van der Waals surface area contributed by atoms with E-state index in [-0.39, 0.29) is 5.78 Å². The molecule has 0 spiro atoms. The monoisotopic (exact) mass is 324 g/mol. The quantitative estimate of drug-likeness (QED) is 0.859. The fourth-order valence-electron chi connectivity index (χ4n) is 1.61. The van der Waals surface area contributed by atoms with Gasteiger partial charge in [0.2, 0.25) is 0 Å². The van der Waals surface area contributed by atoms with Crippen LogP contribution in [-0.4, -0.2) is 15.8 Å². The first-order valence-corrected chi connectivity index (χ1v) is 7.25. The summed E-state index contributed by atoms with van der Waals surface area (Å²) in [5.41, 5.74) is 1.86. The van der Waals surface area contributed by atoms with Crippen molar-refractivity contribution < 1.29 is 4.79 Å². The van der Waals surface area contributed by atoms with Crippen LogP contribution in [0, 0.1) is 6.92 Å². The maximum absolute atomic E-state index is 11.0. The Hall–Kier alpha value is -1.07. The van der Waals surface area contributed by atoms with Gasteiger partial charge in [-0.05, 0) is 48.0 Å². The van der Waals surface area contributed by atoms with E-state index in [1.165, 1.54) is 0 Å². The second-order valence-electron chi connectivity index (χ2n) is 4.12. The van der Waals surface area contributed by atoms with Crippen molar-refractivity contribution in [2.24, 2.45) is 0 Å². The van der Waals surface area contributed by atoms with Gasteiger partial charge in [0, 0.05) is 18.5 Å². The maximum atomic E-state index is 11.0. The lowest BCUT2D eigenvalue weighted by Crippen LogP contribution is -2.01. The summed E-state index contributed by atoms with van der Waals surface area (Å²) in [4.78, 5) is 21.0. The molecule has 2 aromatic rings. The van der Waals surface area contributed by atoms with Gasteiger partial charge in [-0.3, -0.25) is 0 Å². The highest BCUT2D eigenvalue weighted by Gasteiger charge is 2.07. The Morgan fingerprint density at radius 1 is 1.39 bits per heavy atom. The van der Waals surface area contributed by atoms with Crippen LogP contribution in [0.5, 0.6) is 0 Å². The fraction of sp³-hybridized carbons (Fsp3) is 0.308. The third-order valence-corrected chi connectivity index (χ3v) is 4.07. The number of rotatable bonds is 4. The zero-order chi connectivity index (χ0) is 13.1. The van der Waals surface area contributed by atoms with Crippen molar-refractivity contribution in [2.75, 3.05) is 0 Å². The topological polar surface area (TPSA) is 42.9 Å². The number of thiophene rings is 1. The summed E-state index contributed by atoms with van der Waals surface area (Å²) in [6, 6.07) is 6.01. The van der Waals surface area contributed by atoms with E-state index in [1.807, 2.05) is 25.1 Å². The molecule has 5 heteroatoms. The summed E-state index contributed by atoms with van der Waals surface area (Å²) in [6.45, 7) is 3.54. The third-order valence-electron chi connectivity index (χ3n) is 2.43. The van der Waals surface area contributed by atoms with Crippen LogP contribution in [-0.2, 0) is 11.2 Å². The average Bonchev–Trinajstić information content (AvgIpc) is 2.72. The Kier molecular flexibility index (Phi) is 4.24. The number of hydrogen-bond donors (Lipinski definition) is 0. The number of ketones is 1. The molecule has 3 nitrogen and oxygen atoms in total. The molecule has 0 fully saturated rings. The first-order valence-electron chi connectivity index (χ1n) is 5.64. The number of aromatic nitrogens is 2. The molecule has 0 aromatic carbocycles. The minimum Gasteiger partial charge on any atom is -0.300 e. The van der Waals surface area contributed by atoms with Crippen LogP contribution in [0.3, 0.4) is 0 Å². The van der Waals surface area contributed by atoms with Gasteiger partial charge >= 0.3 is 0 Å². The molecule has 2 aromatic heterocycles. The van der Waals surface area contributed by atoms with E-state index in [0.717, 1.165) is 25.9 Å². The summed E-state index contributed by atoms with van der Waals surface area (Å²) in [5, 5.41) is 0. The van der Waals surface area contributed by atoms with Crippen LogP contribution in [0.2, 0.25) is 0 Å². The molecular formula is C13H13BrN2OS. The SMILES string of the molecule is CC(=O)CCc1nc(C)cc(-c2ccc(Br)s2)n1. The van der Waals surface area contributed by atoms with Crippen molar-refractivity contribution >= 4 is 33.0 Å². The predicted octanol–water partition coefficient (Wildman–Crippen LogP) is 3.80. The van der Waals surface area contributed by atoms with E-state index in [9.17, 15) is 4.79 Å². The van der Waals surface area contributed by atoms with E-state index in [1.54, 1.807) is 18.3 Å². The Labute approximate surface area is 118 Å². The van der Waals surface area contributed by atoms with Gasteiger partial charge in [0.1, 0.15) is 11.6 Å². The number of halogens is 1. The summed E-state index contributed by atoms with van der Waals surface area (Å²) >= 11 is 5.09. The van der Waals surface area contributed by atoms with E-state index in [0.29, 0.717) is 12.8 Å². The highest BCUT2D eigenvalue weighted by atomic mass is 79.9. The lowest BCUT2D eigenvalue weighted by atomic mass is 10.2. The van der Waals surface area contributed by atoms with Gasteiger partial charge in [0.25, 0.3) is 0 Å². The Morgan fingerprint density at radius 2 is 2.17 bits per heavy atom. The lowest BCUT2D eigenvalue weighted by molar-refractivity contribution is -0.117. The maximum Gasteiger partial charge on any atom is 0.130 e. The van der Waals surface area contributed by atoms with Gasteiger partial charge < -0.3 is 4.79 Å². The molecule has 0 saturated heterocycles. The van der Waals surface area contributed by atoms with E-state index in [4.69, 9.17) is 0 Å². The van der Waals surface area contributed by atoms with Gasteiger partial charge in [-0.2, -0.15) is 0 Å². The number of carbonyl (C=O) groups excluding carboxylic acids is 1. The van der Waals surface area contributed by atoms with Gasteiger partial charge in [-0.1, -0.05) is 0 Å². The number of Topliss-reactive ketones (excluding diaryl/α,β-unsaturated/α-hetero) is 1. The molecule has 0 aliphatic carbocycles. The molecule has 0 radical (unpaired) electrons.